The highest BCUT2D eigenvalue weighted by molar-refractivity contribution is 9.10. The number of benzene rings is 1. The predicted molar refractivity (Wildman–Crippen MR) is 79.1 cm³/mol. The summed E-state index contributed by atoms with van der Waals surface area (Å²) in [5.74, 6) is 0.748. The Hall–Kier alpha value is -1.62. The third-order valence-corrected chi connectivity index (χ3v) is 3.96. The van der Waals surface area contributed by atoms with Crippen molar-refractivity contribution in [2.24, 2.45) is 0 Å². The van der Waals surface area contributed by atoms with E-state index in [9.17, 15) is 4.79 Å². The van der Waals surface area contributed by atoms with E-state index in [1.807, 2.05) is 16.7 Å². The number of nitrogens with zero attached hydrogens (tertiary/aromatic N) is 2. The topological polar surface area (TPSA) is 44.1 Å². The quantitative estimate of drug-likeness (QED) is 0.835. The lowest BCUT2D eigenvalue weighted by atomic mass is 9.99. The van der Waals surface area contributed by atoms with Crippen LogP contribution in [0.4, 0.5) is 0 Å². The van der Waals surface area contributed by atoms with Crippen LogP contribution in [0.15, 0.2) is 35.2 Å². The minimum atomic E-state index is -0.269. The molecule has 1 aliphatic rings. The lowest BCUT2D eigenvalue weighted by Gasteiger charge is -2.26. The minimum Gasteiger partial charge on any atom is -0.483 e. The molecule has 1 unspecified atom stereocenters. The Morgan fingerprint density at radius 1 is 1.45 bits per heavy atom. The minimum absolute atomic E-state index is 0.111. The molecule has 0 spiro atoms. The number of hydrogen-bond donors (Lipinski definition) is 0. The molecule has 3 rings (SSSR count). The summed E-state index contributed by atoms with van der Waals surface area (Å²) in [6.07, 6.45) is 3.65. The van der Waals surface area contributed by atoms with Crippen LogP contribution in [0.1, 0.15) is 48.5 Å². The Balaban J connectivity index is 1.98. The van der Waals surface area contributed by atoms with Crippen molar-refractivity contribution >= 4 is 21.7 Å². The average Bonchev–Trinajstić information content (AvgIpc) is 2.87. The van der Waals surface area contributed by atoms with Crippen LogP contribution in [0.5, 0.6) is 5.75 Å². The summed E-state index contributed by atoms with van der Waals surface area (Å²) >= 11 is 3.41. The first kappa shape index (κ1) is 13.4. The summed E-state index contributed by atoms with van der Waals surface area (Å²) in [7, 11) is 0. The summed E-state index contributed by atoms with van der Waals surface area (Å²) in [6, 6.07) is 5.79. The molecule has 0 saturated carbocycles. The van der Waals surface area contributed by atoms with Crippen molar-refractivity contribution < 1.29 is 9.53 Å². The standard InChI is InChI=1S/C15H15BrN2O2/c1-9(2)18-8-17-7-12(18)15-6-13(19)11-4-3-10(16)5-14(11)20-15/h3-5,7-9,15H,6H2,1-2H3. The lowest BCUT2D eigenvalue weighted by molar-refractivity contribution is 0.0838. The molecule has 0 saturated heterocycles. The number of carbonyl (C=O) groups excluding carboxylic acids is 1. The number of ether oxygens (including phenoxy) is 1. The van der Waals surface area contributed by atoms with E-state index in [1.54, 1.807) is 18.6 Å². The molecule has 104 valence electrons. The van der Waals surface area contributed by atoms with Gasteiger partial charge in [0.1, 0.15) is 11.9 Å². The van der Waals surface area contributed by atoms with Crippen molar-refractivity contribution in [3.8, 4) is 5.75 Å². The molecule has 4 nitrogen and oxygen atoms in total. The number of aromatic nitrogens is 2. The summed E-state index contributed by atoms with van der Waals surface area (Å²) in [4.78, 5) is 16.4. The number of rotatable bonds is 2. The first-order valence-electron chi connectivity index (χ1n) is 6.57. The molecule has 1 atom stereocenters. The number of fused-ring (bicyclic) bond motifs is 1. The van der Waals surface area contributed by atoms with Gasteiger partial charge in [0.05, 0.1) is 30.2 Å². The van der Waals surface area contributed by atoms with Gasteiger partial charge in [-0.2, -0.15) is 0 Å². The Bertz CT molecular complexity index is 664. The molecule has 1 aromatic heterocycles. The zero-order valence-corrected chi connectivity index (χ0v) is 12.9. The Morgan fingerprint density at radius 3 is 3.00 bits per heavy atom. The molecule has 2 aromatic rings. The van der Waals surface area contributed by atoms with Gasteiger partial charge in [0.15, 0.2) is 5.78 Å². The largest absolute Gasteiger partial charge is 0.483 e. The molecule has 1 aliphatic heterocycles. The van der Waals surface area contributed by atoms with E-state index in [0.717, 1.165) is 10.2 Å². The molecule has 20 heavy (non-hydrogen) atoms. The Kier molecular flexibility index (Phi) is 3.38. The fraction of sp³-hybridized carbons (Fsp3) is 0.333. The van der Waals surface area contributed by atoms with Crippen LogP contribution in [0.3, 0.4) is 0 Å². The van der Waals surface area contributed by atoms with Crippen molar-refractivity contribution in [1.82, 2.24) is 9.55 Å². The van der Waals surface area contributed by atoms with Crippen LogP contribution in [0.25, 0.3) is 0 Å². The highest BCUT2D eigenvalue weighted by Crippen LogP contribution is 2.36. The number of imidazole rings is 1. The Labute approximate surface area is 125 Å². The third kappa shape index (κ3) is 2.26. The van der Waals surface area contributed by atoms with Gasteiger partial charge in [0.25, 0.3) is 0 Å². The Morgan fingerprint density at radius 2 is 2.25 bits per heavy atom. The van der Waals surface area contributed by atoms with Gasteiger partial charge in [0.2, 0.25) is 0 Å². The zero-order chi connectivity index (χ0) is 14.3. The third-order valence-electron chi connectivity index (χ3n) is 3.47. The second-order valence-electron chi connectivity index (χ2n) is 5.19. The normalized spacial score (nSPS) is 18.0. The van der Waals surface area contributed by atoms with Gasteiger partial charge in [-0.15, -0.1) is 0 Å². The van der Waals surface area contributed by atoms with E-state index >= 15 is 0 Å². The van der Waals surface area contributed by atoms with Crippen molar-refractivity contribution in [2.75, 3.05) is 0 Å². The van der Waals surface area contributed by atoms with Crippen molar-refractivity contribution in [1.29, 1.82) is 0 Å². The van der Waals surface area contributed by atoms with Gasteiger partial charge in [-0.3, -0.25) is 4.79 Å². The SMILES string of the molecule is CC(C)n1cncc1C1CC(=O)c2ccc(Br)cc2O1. The monoisotopic (exact) mass is 334 g/mol. The van der Waals surface area contributed by atoms with Gasteiger partial charge in [-0.05, 0) is 32.0 Å². The van der Waals surface area contributed by atoms with E-state index in [4.69, 9.17) is 4.74 Å². The first-order chi connectivity index (χ1) is 9.56. The summed E-state index contributed by atoms with van der Waals surface area (Å²) in [5, 5.41) is 0. The van der Waals surface area contributed by atoms with Crippen molar-refractivity contribution in [3.63, 3.8) is 0 Å². The lowest BCUT2D eigenvalue weighted by Crippen LogP contribution is -2.23. The van der Waals surface area contributed by atoms with Crippen LogP contribution in [-0.2, 0) is 0 Å². The maximum absolute atomic E-state index is 12.3. The van der Waals surface area contributed by atoms with E-state index in [2.05, 4.69) is 34.8 Å². The number of ketones is 1. The number of Topliss-reactive ketones (excluding diaryl/α,β-unsaturated/α-hetero) is 1. The molecule has 0 fully saturated rings. The second kappa shape index (κ2) is 5.05. The number of carbonyl (C=O) groups is 1. The molecule has 1 aromatic carbocycles. The molecule has 0 N–H and O–H groups in total. The molecule has 0 amide bonds. The van der Waals surface area contributed by atoms with Crippen LogP contribution >= 0.6 is 15.9 Å². The highest BCUT2D eigenvalue weighted by Gasteiger charge is 2.30. The molecule has 2 heterocycles. The molecule has 0 radical (unpaired) electrons. The van der Waals surface area contributed by atoms with E-state index in [0.29, 0.717) is 17.7 Å². The summed E-state index contributed by atoms with van der Waals surface area (Å²) in [6.45, 7) is 4.17. The van der Waals surface area contributed by atoms with Crippen molar-refractivity contribution in [2.45, 2.75) is 32.4 Å². The van der Waals surface area contributed by atoms with Gasteiger partial charge >= 0.3 is 0 Å². The molecule has 5 heteroatoms. The van der Waals surface area contributed by atoms with Crippen molar-refractivity contribution in [3.05, 3.63) is 46.5 Å². The first-order valence-corrected chi connectivity index (χ1v) is 7.36. The molecular weight excluding hydrogens is 320 g/mol. The number of hydrogen-bond acceptors (Lipinski definition) is 3. The van der Waals surface area contributed by atoms with E-state index in [1.165, 1.54) is 0 Å². The van der Waals surface area contributed by atoms with E-state index < -0.39 is 0 Å². The zero-order valence-electron chi connectivity index (χ0n) is 11.3. The van der Waals surface area contributed by atoms with Gasteiger partial charge in [0, 0.05) is 10.5 Å². The maximum Gasteiger partial charge on any atom is 0.170 e. The van der Waals surface area contributed by atoms with Gasteiger partial charge in [-0.25, -0.2) is 4.98 Å². The molecule has 0 bridgehead atoms. The summed E-state index contributed by atoms with van der Waals surface area (Å²) < 4.78 is 8.95. The van der Waals surface area contributed by atoms with E-state index in [-0.39, 0.29) is 17.9 Å². The van der Waals surface area contributed by atoms with Crippen LogP contribution in [-0.4, -0.2) is 15.3 Å². The molecule has 0 aliphatic carbocycles. The van der Waals surface area contributed by atoms with Gasteiger partial charge < -0.3 is 9.30 Å². The van der Waals surface area contributed by atoms with Crippen LogP contribution in [0, 0.1) is 0 Å². The molecular formula is C15H15BrN2O2. The fourth-order valence-electron chi connectivity index (χ4n) is 2.46. The maximum atomic E-state index is 12.3. The smallest absolute Gasteiger partial charge is 0.170 e. The summed E-state index contributed by atoms with van der Waals surface area (Å²) in [5.41, 5.74) is 1.60. The highest BCUT2D eigenvalue weighted by atomic mass is 79.9. The number of halogens is 1. The predicted octanol–water partition coefficient (Wildman–Crippen LogP) is 3.93. The van der Waals surface area contributed by atoms with Crippen LogP contribution < -0.4 is 4.74 Å². The second-order valence-corrected chi connectivity index (χ2v) is 6.11. The van der Waals surface area contributed by atoms with Crippen LogP contribution in [0.2, 0.25) is 0 Å². The average molecular weight is 335 g/mol. The van der Waals surface area contributed by atoms with Gasteiger partial charge in [-0.1, -0.05) is 15.9 Å². The fourth-order valence-corrected chi connectivity index (χ4v) is 2.80.